The molecule has 0 amide bonds. The first-order valence-electron chi connectivity index (χ1n) is 3.17. The van der Waals surface area contributed by atoms with Crippen LogP contribution in [0.2, 0.25) is 0 Å². The summed E-state index contributed by atoms with van der Waals surface area (Å²) in [6.07, 6.45) is 2.38. The largest absolute Gasteiger partial charge is 0.308 e. The maximum absolute atomic E-state index is 10.9. The van der Waals surface area contributed by atoms with Crippen LogP contribution in [0.3, 0.4) is 0 Å². The third-order valence-electron chi connectivity index (χ3n) is 1.31. The summed E-state index contributed by atoms with van der Waals surface area (Å²) in [6, 6.07) is 2.94. The topological polar surface area (TPSA) is 85.1 Å². The van der Waals surface area contributed by atoms with Gasteiger partial charge in [0.1, 0.15) is 5.82 Å². The Bertz CT molecular complexity index is 362. The van der Waals surface area contributed by atoms with Crippen LogP contribution in [0.4, 0.5) is 5.82 Å². The zero-order valence-electron chi connectivity index (χ0n) is 6.89. The van der Waals surface area contributed by atoms with Gasteiger partial charge in [-0.3, -0.25) is 0 Å². The number of anilines is 1. The molecule has 1 aromatic heterocycles. The van der Waals surface area contributed by atoms with E-state index in [4.69, 9.17) is 5.84 Å². The van der Waals surface area contributed by atoms with Crippen molar-refractivity contribution < 1.29 is 8.42 Å². The molecule has 0 fully saturated rings. The zero-order valence-corrected chi connectivity index (χ0v) is 8.52. The fourth-order valence-corrected chi connectivity index (χ4v) is 1.24. The van der Waals surface area contributed by atoms with Gasteiger partial charge in [-0.15, -0.1) is 12.4 Å². The van der Waals surface area contributed by atoms with E-state index in [0.29, 0.717) is 5.82 Å². The minimum absolute atomic E-state index is 0. The lowest BCUT2D eigenvalue weighted by atomic mass is 10.5. The number of hydrogen-bond acceptors (Lipinski definition) is 5. The molecular formula is C6H10ClN3O2S. The summed E-state index contributed by atoms with van der Waals surface area (Å²) < 4.78 is 21.9. The van der Waals surface area contributed by atoms with E-state index < -0.39 is 9.84 Å². The normalized spacial score (nSPS) is 10.3. The molecule has 0 radical (unpaired) electrons. The van der Waals surface area contributed by atoms with Crippen molar-refractivity contribution in [2.45, 2.75) is 4.90 Å². The quantitative estimate of drug-likeness (QED) is 0.553. The third kappa shape index (κ3) is 3.17. The van der Waals surface area contributed by atoms with Crippen molar-refractivity contribution >= 4 is 28.1 Å². The van der Waals surface area contributed by atoms with Crippen molar-refractivity contribution in [1.29, 1.82) is 0 Å². The summed E-state index contributed by atoms with van der Waals surface area (Å²) in [5.41, 5.74) is 2.30. The van der Waals surface area contributed by atoms with Gasteiger partial charge >= 0.3 is 0 Å². The van der Waals surface area contributed by atoms with Gasteiger partial charge < -0.3 is 5.43 Å². The average molecular weight is 224 g/mol. The van der Waals surface area contributed by atoms with E-state index in [1.807, 2.05) is 0 Å². The molecule has 0 saturated heterocycles. The monoisotopic (exact) mass is 223 g/mol. The highest BCUT2D eigenvalue weighted by Gasteiger charge is 2.05. The zero-order chi connectivity index (χ0) is 9.19. The van der Waals surface area contributed by atoms with Crippen molar-refractivity contribution in [3.8, 4) is 0 Å². The number of hydrazine groups is 1. The molecule has 1 heterocycles. The SMILES string of the molecule is CS(=O)(=O)c1ccc(NN)nc1.Cl. The van der Waals surface area contributed by atoms with Crippen molar-refractivity contribution in [3.05, 3.63) is 18.3 Å². The molecule has 0 atom stereocenters. The Kier molecular flexibility index (Phi) is 4.12. The van der Waals surface area contributed by atoms with E-state index in [2.05, 4.69) is 10.4 Å². The summed E-state index contributed by atoms with van der Waals surface area (Å²) in [6.45, 7) is 0. The number of nitrogens with one attached hydrogen (secondary N) is 1. The van der Waals surface area contributed by atoms with Crippen LogP contribution in [0.1, 0.15) is 0 Å². The van der Waals surface area contributed by atoms with Crippen molar-refractivity contribution in [2.75, 3.05) is 11.7 Å². The number of nitrogens with two attached hydrogens (primary N) is 1. The average Bonchev–Trinajstić information content (AvgIpc) is 2.03. The van der Waals surface area contributed by atoms with Gasteiger partial charge in [0, 0.05) is 12.5 Å². The van der Waals surface area contributed by atoms with Crippen LogP contribution in [0, 0.1) is 0 Å². The number of aromatic nitrogens is 1. The smallest absolute Gasteiger partial charge is 0.177 e. The van der Waals surface area contributed by atoms with Gasteiger partial charge in [-0.2, -0.15) is 0 Å². The van der Waals surface area contributed by atoms with E-state index in [9.17, 15) is 8.42 Å². The molecule has 0 saturated carbocycles. The maximum Gasteiger partial charge on any atom is 0.177 e. The van der Waals surface area contributed by atoms with Gasteiger partial charge in [0.25, 0.3) is 0 Å². The summed E-state index contributed by atoms with van der Waals surface area (Å²) in [4.78, 5) is 3.93. The predicted molar refractivity (Wildman–Crippen MR) is 52.4 cm³/mol. The molecule has 1 rings (SSSR count). The Labute approximate surface area is 82.7 Å². The number of rotatable bonds is 2. The lowest BCUT2D eigenvalue weighted by Crippen LogP contribution is -2.08. The van der Waals surface area contributed by atoms with Crippen LogP contribution in [0.25, 0.3) is 0 Å². The molecular weight excluding hydrogens is 214 g/mol. The van der Waals surface area contributed by atoms with Crippen LogP contribution < -0.4 is 11.3 Å². The second-order valence-corrected chi connectivity index (χ2v) is 4.31. The Balaban J connectivity index is 0.00000144. The molecule has 0 aliphatic heterocycles. The molecule has 74 valence electrons. The summed E-state index contributed by atoms with van der Waals surface area (Å²) in [5, 5.41) is 0. The van der Waals surface area contributed by atoms with Crippen molar-refractivity contribution in [3.63, 3.8) is 0 Å². The number of sulfone groups is 1. The van der Waals surface area contributed by atoms with Crippen molar-refractivity contribution in [2.24, 2.45) is 5.84 Å². The maximum atomic E-state index is 10.9. The van der Waals surface area contributed by atoms with Crippen molar-refractivity contribution in [1.82, 2.24) is 4.98 Å². The van der Waals surface area contributed by atoms with E-state index in [-0.39, 0.29) is 17.3 Å². The summed E-state index contributed by atoms with van der Waals surface area (Å²) in [7, 11) is -3.16. The number of nitrogens with zero attached hydrogens (tertiary/aromatic N) is 1. The Morgan fingerprint density at radius 1 is 1.46 bits per heavy atom. The van der Waals surface area contributed by atoms with E-state index in [0.717, 1.165) is 6.26 Å². The highest BCUT2D eigenvalue weighted by atomic mass is 35.5. The minimum Gasteiger partial charge on any atom is -0.308 e. The predicted octanol–water partition coefficient (Wildman–Crippen LogP) is 0.193. The minimum atomic E-state index is -3.16. The number of nitrogen functional groups attached to an aromatic ring is 1. The fourth-order valence-electron chi connectivity index (χ4n) is 0.685. The summed E-state index contributed by atoms with van der Waals surface area (Å²) >= 11 is 0. The molecule has 1 aromatic rings. The van der Waals surface area contributed by atoms with Gasteiger partial charge in [0.15, 0.2) is 9.84 Å². The molecule has 0 spiro atoms. The van der Waals surface area contributed by atoms with Gasteiger partial charge in [-0.1, -0.05) is 0 Å². The molecule has 0 bridgehead atoms. The summed E-state index contributed by atoms with van der Waals surface area (Å²) in [5.74, 6) is 5.48. The molecule has 0 aliphatic rings. The first-order valence-corrected chi connectivity index (χ1v) is 5.06. The highest BCUT2D eigenvalue weighted by Crippen LogP contribution is 2.08. The van der Waals surface area contributed by atoms with Gasteiger partial charge in [-0.25, -0.2) is 19.2 Å². The molecule has 7 heteroatoms. The first kappa shape index (κ1) is 12.2. The van der Waals surface area contributed by atoms with E-state index in [1.54, 1.807) is 0 Å². The standard InChI is InChI=1S/C6H9N3O2S.ClH/c1-12(10,11)5-2-3-6(9-7)8-4-5;/h2-4H,7H2,1H3,(H,8,9);1H. The Morgan fingerprint density at radius 2 is 2.08 bits per heavy atom. The second-order valence-electron chi connectivity index (χ2n) is 2.30. The highest BCUT2D eigenvalue weighted by molar-refractivity contribution is 7.90. The molecule has 5 nitrogen and oxygen atoms in total. The fraction of sp³-hybridized carbons (Fsp3) is 0.167. The van der Waals surface area contributed by atoms with Crippen LogP contribution in [0.15, 0.2) is 23.2 Å². The lowest BCUT2D eigenvalue weighted by molar-refractivity contribution is 0.601. The second kappa shape index (κ2) is 4.40. The van der Waals surface area contributed by atoms with Crippen LogP contribution in [0.5, 0.6) is 0 Å². The molecule has 0 unspecified atom stereocenters. The number of halogens is 1. The van der Waals surface area contributed by atoms with Crippen LogP contribution >= 0.6 is 12.4 Å². The molecule has 13 heavy (non-hydrogen) atoms. The first-order chi connectivity index (χ1) is 5.54. The van der Waals surface area contributed by atoms with Gasteiger partial charge in [0.05, 0.1) is 4.90 Å². The Morgan fingerprint density at radius 3 is 2.38 bits per heavy atom. The molecule has 0 aromatic carbocycles. The Hall–Kier alpha value is -0.850. The molecule has 3 N–H and O–H groups in total. The van der Waals surface area contributed by atoms with Gasteiger partial charge in [0.2, 0.25) is 0 Å². The van der Waals surface area contributed by atoms with Gasteiger partial charge in [-0.05, 0) is 12.1 Å². The number of pyridine rings is 1. The van der Waals surface area contributed by atoms with Crippen LogP contribution in [-0.2, 0) is 9.84 Å². The van der Waals surface area contributed by atoms with E-state index in [1.165, 1.54) is 18.3 Å². The number of hydrogen-bond donors (Lipinski definition) is 2. The van der Waals surface area contributed by atoms with E-state index >= 15 is 0 Å². The molecule has 0 aliphatic carbocycles. The third-order valence-corrected chi connectivity index (χ3v) is 2.41. The van der Waals surface area contributed by atoms with Crippen LogP contribution in [-0.4, -0.2) is 19.7 Å². The lowest BCUT2D eigenvalue weighted by Gasteiger charge is -1.99.